The van der Waals surface area contributed by atoms with Crippen LogP contribution < -0.4 is 5.32 Å². The van der Waals surface area contributed by atoms with Crippen molar-refractivity contribution in [3.63, 3.8) is 0 Å². The summed E-state index contributed by atoms with van der Waals surface area (Å²) in [6, 6.07) is 0.486. The van der Waals surface area contributed by atoms with E-state index in [-0.39, 0.29) is 0 Å². The molecule has 10 heavy (non-hydrogen) atoms. The molecular weight excluding hydrogens is 126 g/mol. The van der Waals surface area contributed by atoms with Crippen LogP contribution in [0.3, 0.4) is 0 Å². The minimum absolute atomic E-state index is 0.340. The lowest BCUT2D eigenvalue weighted by Gasteiger charge is -2.17. The third-order valence-corrected chi connectivity index (χ3v) is 1.99. The van der Waals surface area contributed by atoms with Gasteiger partial charge in [0.2, 0.25) is 0 Å². The topological polar surface area (TPSA) is 23.3 Å². The van der Waals surface area contributed by atoms with Crippen molar-refractivity contribution in [3.05, 3.63) is 0 Å². The quantitative estimate of drug-likeness (QED) is 0.580. The molecule has 2 heteroatoms. The lowest BCUT2D eigenvalue weighted by molar-refractivity contribution is 0.0518. The zero-order valence-corrected chi connectivity index (χ0v) is 6.84. The van der Waals surface area contributed by atoms with Crippen LogP contribution in [-0.4, -0.2) is 25.3 Å². The first-order valence-electron chi connectivity index (χ1n) is 4.12. The largest absolute Gasteiger partial charge is 0.377 e. The number of rotatable bonds is 3. The third kappa shape index (κ3) is 1.96. The number of ether oxygens (including phenoxy) is 1. The van der Waals surface area contributed by atoms with Gasteiger partial charge in [-0.15, -0.1) is 0 Å². The summed E-state index contributed by atoms with van der Waals surface area (Å²) in [6.07, 6.45) is 2.82. The summed E-state index contributed by atoms with van der Waals surface area (Å²) in [7, 11) is 0. The molecule has 1 radical (unpaired) electrons. The van der Waals surface area contributed by atoms with Crippen LogP contribution in [0, 0.1) is 0 Å². The summed E-state index contributed by atoms with van der Waals surface area (Å²) in [5.41, 5.74) is 0. The fourth-order valence-corrected chi connectivity index (χ4v) is 1.41. The molecular formula is C8H16NO. The molecule has 2 atom stereocenters. The van der Waals surface area contributed by atoms with Crippen LogP contribution in [0.5, 0.6) is 0 Å². The van der Waals surface area contributed by atoms with E-state index in [4.69, 9.17) is 4.74 Å². The Morgan fingerprint density at radius 2 is 2.50 bits per heavy atom. The zero-order chi connectivity index (χ0) is 7.40. The molecule has 59 valence electrons. The van der Waals surface area contributed by atoms with Gasteiger partial charge in [-0.05, 0) is 26.7 Å². The molecule has 1 rings (SSSR count). The van der Waals surface area contributed by atoms with E-state index in [1.165, 1.54) is 12.8 Å². The van der Waals surface area contributed by atoms with Gasteiger partial charge in [-0.25, -0.2) is 5.32 Å². The second-order valence-corrected chi connectivity index (χ2v) is 2.78. The molecule has 1 aliphatic rings. The van der Waals surface area contributed by atoms with Crippen LogP contribution in [0.2, 0.25) is 0 Å². The van der Waals surface area contributed by atoms with Crippen molar-refractivity contribution in [1.82, 2.24) is 5.32 Å². The van der Waals surface area contributed by atoms with Gasteiger partial charge in [0.05, 0.1) is 12.1 Å². The van der Waals surface area contributed by atoms with E-state index in [0.717, 1.165) is 13.2 Å². The molecule has 0 N–H and O–H groups in total. The Balaban J connectivity index is 2.18. The lowest BCUT2D eigenvalue weighted by atomic mass is 10.1. The van der Waals surface area contributed by atoms with Crippen molar-refractivity contribution in [1.29, 1.82) is 0 Å². The monoisotopic (exact) mass is 142 g/mol. The summed E-state index contributed by atoms with van der Waals surface area (Å²) in [4.78, 5) is 0. The fraction of sp³-hybridized carbons (Fsp3) is 1.00. The number of hydrogen-bond donors (Lipinski definition) is 0. The molecule has 2 unspecified atom stereocenters. The fourth-order valence-electron chi connectivity index (χ4n) is 1.41. The van der Waals surface area contributed by atoms with E-state index in [9.17, 15) is 0 Å². The van der Waals surface area contributed by atoms with E-state index in [0.29, 0.717) is 12.1 Å². The Morgan fingerprint density at radius 3 is 3.00 bits per heavy atom. The molecule has 0 bridgehead atoms. The van der Waals surface area contributed by atoms with Crippen molar-refractivity contribution in [2.24, 2.45) is 0 Å². The minimum Gasteiger partial charge on any atom is -0.377 e. The van der Waals surface area contributed by atoms with Crippen LogP contribution >= 0.6 is 0 Å². The predicted molar refractivity (Wildman–Crippen MR) is 41.1 cm³/mol. The van der Waals surface area contributed by atoms with Crippen molar-refractivity contribution < 1.29 is 4.74 Å². The van der Waals surface area contributed by atoms with E-state index in [1.807, 2.05) is 6.92 Å². The average molecular weight is 142 g/mol. The molecule has 0 spiro atoms. The first kappa shape index (κ1) is 8.02. The first-order valence-corrected chi connectivity index (χ1v) is 4.12. The molecule has 2 nitrogen and oxygen atoms in total. The molecule has 0 aromatic carbocycles. The normalized spacial score (nSPS) is 28.8. The maximum absolute atomic E-state index is 5.43. The number of nitrogens with zero attached hydrogens (tertiary/aromatic N) is 1. The zero-order valence-electron chi connectivity index (χ0n) is 6.84. The van der Waals surface area contributed by atoms with Crippen LogP contribution in [0.15, 0.2) is 0 Å². The molecule has 0 amide bonds. The summed E-state index contributed by atoms with van der Waals surface area (Å²) >= 11 is 0. The Bertz CT molecular complexity index is 89.3. The Morgan fingerprint density at radius 1 is 1.70 bits per heavy atom. The maximum atomic E-state index is 5.43. The SMILES string of the molecule is CCOC(C)C1CCC[N]1. The van der Waals surface area contributed by atoms with E-state index < -0.39 is 0 Å². The summed E-state index contributed by atoms with van der Waals surface area (Å²) in [5.74, 6) is 0. The molecule has 0 saturated carbocycles. The van der Waals surface area contributed by atoms with Gasteiger partial charge in [0, 0.05) is 13.2 Å². The maximum Gasteiger partial charge on any atom is 0.0716 e. The van der Waals surface area contributed by atoms with Crippen LogP contribution in [-0.2, 0) is 4.74 Å². The van der Waals surface area contributed by atoms with Crippen LogP contribution in [0.25, 0.3) is 0 Å². The van der Waals surface area contributed by atoms with Crippen LogP contribution in [0.4, 0.5) is 0 Å². The van der Waals surface area contributed by atoms with Crippen molar-refractivity contribution in [2.75, 3.05) is 13.2 Å². The predicted octanol–water partition coefficient (Wildman–Crippen LogP) is 1.18. The Labute approximate surface area is 63.0 Å². The van der Waals surface area contributed by atoms with Crippen molar-refractivity contribution in [2.45, 2.75) is 38.8 Å². The van der Waals surface area contributed by atoms with Gasteiger partial charge in [-0.3, -0.25) is 0 Å². The van der Waals surface area contributed by atoms with E-state index >= 15 is 0 Å². The standard InChI is InChI=1S/C8H16NO/c1-3-10-7(2)8-5-4-6-9-8/h7-8H,3-6H2,1-2H3. The third-order valence-electron chi connectivity index (χ3n) is 1.99. The Hall–Kier alpha value is -0.0800. The highest BCUT2D eigenvalue weighted by Crippen LogP contribution is 2.12. The lowest BCUT2D eigenvalue weighted by Crippen LogP contribution is -2.30. The van der Waals surface area contributed by atoms with Crippen LogP contribution in [0.1, 0.15) is 26.7 Å². The van der Waals surface area contributed by atoms with Crippen molar-refractivity contribution >= 4 is 0 Å². The first-order chi connectivity index (χ1) is 4.84. The van der Waals surface area contributed by atoms with Gasteiger partial charge in [0.15, 0.2) is 0 Å². The molecule has 1 heterocycles. The Kier molecular flexibility index (Phi) is 3.16. The van der Waals surface area contributed by atoms with E-state index in [2.05, 4.69) is 12.2 Å². The molecule has 0 aromatic rings. The highest BCUT2D eigenvalue weighted by atomic mass is 16.5. The summed E-state index contributed by atoms with van der Waals surface area (Å²) in [6.45, 7) is 6.00. The highest BCUT2D eigenvalue weighted by molar-refractivity contribution is 4.78. The van der Waals surface area contributed by atoms with E-state index in [1.54, 1.807) is 0 Å². The van der Waals surface area contributed by atoms with Gasteiger partial charge < -0.3 is 4.74 Å². The second kappa shape index (κ2) is 3.94. The van der Waals surface area contributed by atoms with Crippen molar-refractivity contribution in [3.8, 4) is 0 Å². The number of hydrogen-bond acceptors (Lipinski definition) is 1. The van der Waals surface area contributed by atoms with Gasteiger partial charge in [-0.1, -0.05) is 0 Å². The average Bonchev–Trinajstić information content (AvgIpc) is 2.38. The smallest absolute Gasteiger partial charge is 0.0716 e. The summed E-state index contributed by atoms with van der Waals surface area (Å²) < 4.78 is 5.43. The highest BCUT2D eigenvalue weighted by Gasteiger charge is 2.21. The summed E-state index contributed by atoms with van der Waals surface area (Å²) in [5, 5.41) is 4.43. The van der Waals surface area contributed by atoms with Gasteiger partial charge >= 0.3 is 0 Å². The van der Waals surface area contributed by atoms with Gasteiger partial charge in [0.25, 0.3) is 0 Å². The van der Waals surface area contributed by atoms with Gasteiger partial charge in [0.1, 0.15) is 0 Å². The minimum atomic E-state index is 0.340. The molecule has 1 aliphatic heterocycles. The molecule has 0 aromatic heterocycles. The molecule has 1 saturated heterocycles. The second-order valence-electron chi connectivity index (χ2n) is 2.78. The molecule has 0 aliphatic carbocycles. The molecule has 1 fully saturated rings. The van der Waals surface area contributed by atoms with Gasteiger partial charge in [-0.2, -0.15) is 0 Å².